The molecule has 3 aromatic rings. The average molecular weight is 317 g/mol. The molecule has 2 aromatic heterocycles. The highest BCUT2D eigenvalue weighted by Crippen LogP contribution is 2.30. The van der Waals surface area contributed by atoms with Crippen LogP contribution in [0.5, 0.6) is 0 Å². The summed E-state index contributed by atoms with van der Waals surface area (Å²) in [7, 11) is 0. The van der Waals surface area contributed by atoms with Crippen LogP contribution in [0.2, 0.25) is 5.02 Å². The molecule has 0 radical (unpaired) electrons. The van der Waals surface area contributed by atoms with Crippen molar-refractivity contribution in [1.29, 1.82) is 0 Å². The molecule has 0 atom stereocenters. The van der Waals surface area contributed by atoms with Crippen molar-refractivity contribution in [2.45, 2.75) is 0 Å². The van der Waals surface area contributed by atoms with Gasteiger partial charge in [0, 0.05) is 28.4 Å². The van der Waals surface area contributed by atoms with Crippen LogP contribution in [0, 0.1) is 0 Å². The standard InChI is InChI=1S/C14H9ClN4OS/c15-10-4-2-1-3-9(10)12-8-21-14(18-12)19-13(20)11-7-16-5-6-17-11/h1-8H,(H,18,19,20). The summed E-state index contributed by atoms with van der Waals surface area (Å²) in [6.07, 6.45) is 4.37. The molecule has 0 aliphatic heterocycles. The lowest BCUT2D eigenvalue weighted by atomic mass is 10.2. The Hall–Kier alpha value is -2.31. The van der Waals surface area contributed by atoms with Crippen LogP contribution in [0.1, 0.15) is 10.5 Å². The van der Waals surface area contributed by atoms with E-state index in [2.05, 4.69) is 20.3 Å². The van der Waals surface area contributed by atoms with Gasteiger partial charge in [-0.05, 0) is 6.07 Å². The van der Waals surface area contributed by atoms with Gasteiger partial charge in [0.1, 0.15) is 5.69 Å². The average Bonchev–Trinajstić information content (AvgIpc) is 2.97. The number of anilines is 1. The molecule has 1 N–H and O–H groups in total. The predicted molar refractivity (Wildman–Crippen MR) is 82.5 cm³/mol. The second-order valence-electron chi connectivity index (χ2n) is 4.06. The van der Waals surface area contributed by atoms with Crippen molar-refractivity contribution in [3.8, 4) is 11.3 Å². The fourth-order valence-electron chi connectivity index (χ4n) is 1.70. The Morgan fingerprint density at radius 1 is 1.24 bits per heavy atom. The molecule has 0 fully saturated rings. The van der Waals surface area contributed by atoms with E-state index in [1.165, 1.54) is 29.9 Å². The number of nitrogens with one attached hydrogen (secondary N) is 1. The molecule has 21 heavy (non-hydrogen) atoms. The quantitative estimate of drug-likeness (QED) is 0.803. The maximum atomic E-state index is 12.0. The van der Waals surface area contributed by atoms with Gasteiger partial charge in [-0.1, -0.05) is 29.8 Å². The molecule has 1 aromatic carbocycles. The molecule has 0 aliphatic carbocycles. The third kappa shape index (κ3) is 3.07. The van der Waals surface area contributed by atoms with Crippen molar-refractivity contribution in [2.24, 2.45) is 0 Å². The third-order valence-corrected chi connectivity index (χ3v) is 3.76. The van der Waals surface area contributed by atoms with Gasteiger partial charge in [0.25, 0.3) is 5.91 Å². The summed E-state index contributed by atoms with van der Waals surface area (Å²) in [5.41, 5.74) is 1.79. The maximum absolute atomic E-state index is 12.0. The molecule has 2 heterocycles. The number of benzene rings is 1. The lowest BCUT2D eigenvalue weighted by Crippen LogP contribution is -2.13. The number of hydrogen-bond donors (Lipinski definition) is 1. The Morgan fingerprint density at radius 3 is 2.86 bits per heavy atom. The van der Waals surface area contributed by atoms with E-state index >= 15 is 0 Å². The molecule has 5 nitrogen and oxygen atoms in total. The third-order valence-electron chi connectivity index (χ3n) is 2.67. The second-order valence-corrected chi connectivity index (χ2v) is 5.33. The van der Waals surface area contributed by atoms with Gasteiger partial charge >= 0.3 is 0 Å². The number of thiazole rings is 1. The highest BCUT2D eigenvalue weighted by Gasteiger charge is 2.12. The minimum absolute atomic E-state index is 0.243. The SMILES string of the molecule is O=C(Nc1nc(-c2ccccc2Cl)cs1)c1cnccn1. The van der Waals surface area contributed by atoms with Crippen LogP contribution in [0.4, 0.5) is 5.13 Å². The Bertz CT molecular complexity index is 775. The monoisotopic (exact) mass is 316 g/mol. The lowest BCUT2D eigenvalue weighted by Gasteiger charge is -2.00. The molecule has 0 saturated heterocycles. The van der Waals surface area contributed by atoms with E-state index in [4.69, 9.17) is 11.6 Å². The molecule has 0 bridgehead atoms. The molecular formula is C14H9ClN4OS. The van der Waals surface area contributed by atoms with Gasteiger partial charge in [0.05, 0.1) is 11.9 Å². The Morgan fingerprint density at radius 2 is 2.10 bits per heavy atom. The fraction of sp³-hybridized carbons (Fsp3) is 0. The first-order valence-corrected chi connectivity index (χ1v) is 7.27. The van der Waals surface area contributed by atoms with Crippen molar-refractivity contribution in [3.05, 3.63) is 59.0 Å². The van der Waals surface area contributed by atoms with Crippen LogP contribution in [-0.4, -0.2) is 20.9 Å². The fourth-order valence-corrected chi connectivity index (χ4v) is 2.64. The zero-order valence-corrected chi connectivity index (χ0v) is 12.2. The van der Waals surface area contributed by atoms with Crippen molar-refractivity contribution in [1.82, 2.24) is 15.0 Å². The molecule has 0 unspecified atom stereocenters. The van der Waals surface area contributed by atoms with Crippen molar-refractivity contribution >= 4 is 34.0 Å². The van der Waals surface area contributed by atoms with Gasteiger partial charge in [-0.3, -0.25) is 15.1 Å². The number of nitrogens with zero attached hydrogens (tertiary/aromatic N) is 3. The van der Waals surface area contributed by atoms with E-state index in [0.29, 0.717) is 10.2 Å². The molecular weight excluding hydrogens is 308 g/mol. The Kier molecular flexibility index (Phi) is 3.89. The largest absolute Gasteiger partial charge is 0.296 e. The van der Waals surface area contributed by atoms with Crippen LogP contribution in [0.3, 0.4) is 0 Å². The van der Waals surface area contributed by atoms with Crippen LogP contribution in [0.25, 0.3) is 11.3 Å². The normalized spacial score (nSPS) is 10.3. The number of rotatable bonds is 3. The van der Waals surface area contributed by atoms with Gasteiger partial charge in [-0.2, -0.15) is 0 Å². The summed E-state index contributed by atoms with van der Waals surface area (Å²) in [4.78, 5) is 24.1. The number of carbonyl (C=O) groups is 1. The van der Waals surface area contributed by atoms with Crippen molar-refractivity contribution in [3.63, 3.8) is 0 Å². The van der Waals surface area contributed by atoms with Crippen LogP contribution in [0.15, 0.2) is 48.2 Å². The highest BCUT2D eigenvalue weighted by molar-refractivity contribution is 7.14. The van der Waals surface area contributed by atoms with Gasteiger partial charge < -0.3 is 0 Å². The number of aromatic nitrogens is 3. The van der Waals surface area contributed by atoms with Gasteiger partial charge in [-0.15, -0.1) is 11.3 Å². The van der Waals surface area contributed by atoms with E-state index in [9.17, 15) is 4.79 Å². The summed E-state index contributed by atoms with van der Waals surface area (Å²) >= 11 is 7.45. The van der Waals surface area contributed by atoms with E-state index < -0.39 is 0 Å². The molecule has 1 amide bonds. The minimum atomic E-state index is -0.344. The number of carbonyl (C=O) groups excluding carboxylic acids is 1. The summed E-state index contributed by atoms with van der Waals surface area (Å²) in [5.74, 6) is -0.344. The molecule has 7 heteroatoms. The molecule has 0 saturated carbocycles. The summed E-state index contributed by atoms with van der Waals surface area (Å²) in [5, 5.41) is 5.64. The number of halogens is 1. The molecule has 0 aliphatic rings. The van der Waals surface area contributed by atoms with Crippen LogP contribution < -0.4 is 5.32 Å². The van der Waals surface area contributed by atoms with E-state index in [-0.39, 0.29) is 11.6 Å². The van der Waals surface area contributed by atoms with Gasteiger partial charge in [0.2, 0.25) is 0 Å². The van der Waals surface area contributed by atoms with Crippen molar-refractivity contribution in [2.75, 3.05) is 5.32 Å². The Labute approximate surface area is 129 Å². The van der Waals surface area contributed by atoms with Crippen LogP contribution in [-0.2, 0) is 0 Å². The van der Waals surface area contributed by atoms with E-state index in [1.54, 1.807) is 6.07 Å². The van der Waals surface area contributed by atoms with Gasteiger partial charge in [-0.25, -0.2) is 9.97 Å². The van der Waals surface area contributed by atoms with Gasteiger partial charge in [0.15, 0.2) is 5.13 Å². The molecule has 3 rings (SSSR count). The first-order valence-electron chi connectivity index (χ1n) is 6.02. The second kappa shape index (κ2) is 5.99. The number of amides is 1. The molecule has 0 spiro atoms. The Balaban J connectivity index is 1.80. The maximum Gasteiger partial charge on any atom is 0.277 e. The highest BCUT2D eigenvalue weighted by atomic mass is 35.5. The van der Waals surface area contributed by atoms with Crippen molar-refractivity contribution < 1.29 is 4.79 Å². The van der Waals surface area contributed by atoms with E-state index in [0.717, 1.165) is 11.3 Å². The first-order chi connectivity index (χ1) is 10.2. The first kappa shape index (κ1) is 13.7. The summed E-state index contributed by atoms with van der Waals surface area (Å²) in [6, 6.07) is 7.42. The number of hydrogen-bond acceptors (Lipinski definition) is 5. The zero-order chi connectivity index (χ0) is 14.7. The smallest absolute Gasteiger partial charge is 0.277 e. The predicted octanol–water partition coefficient (Wildman–Crippen LogP) is 3.51. The minimum Gasteiger partial charge on any atom is -0.296 e. The zero-order valence-electron chi connectivity index (χ0n) is 10.7. The summed E-state index contributed by atoms with van der Waals surface area (Å²) < 4.78 is 0. The van der Waals surface area contributed by atoms with Crippen LogP contribution >= 0.6 is 22.9 Å². The van der Waals surface area contributed by atoms with E-state index in [1.807, 2.05) is 23.6 Å². The topological polar surface area (TPSA) is 67.8 Å². The summed E-state index contributed by atoms with van der Waals surface area (Å²) in [6.45, 7) is 0. The lowest BCUT2D eigenvalue weighted by molar-refractivity contribution is 0.102. The molecule has 104 valence electrons.